The monoisotopic (exact) mass is 700 g/mol. The molecule has 2 heterocycles. The first-order chi connectivity index (χ1) is 24.2. The number of hydrogen-bond donors (Lipinski definition) is 1. The summed E-state index contributed by atoms with van der Waals surface area (Å²) < 4.78 is 19.2. The van der Waals surface area contributed by atoms with Crippen molar-refractivity contribution in [2.45, 2.75) is 110 Å². The molecule has 2 aliphatic heterocycles. The van der Waals surface area contributed by atoms with Gasteiger partial charge in [-0.3, -0.25) is 14.6 Å². The largest absolute Gasteiger partial charge is 0.493 e. The number of anilines is 1. The number of Topliss-reactive ketones (excluding diaryl/α,β-unsaturated/α-hetero) is 1. The molecule has 51 heavy (non-hydrogen) atoms. The molecule has 2 aliphatic carbocycles. The summed E-state index contributed by atoms with van der Waals surface area (Å²) in [7, 11) is 11.7. The first-order valence-electron chi connectivity index (χ1n) is 18.9. The third-order valence-electron chi connectivity index (χ3n) is 13.5. The van der Waals surface area contributed by atoms with E-state index in [2.05, 4.69) is 64.0 Å². The fourth-order valence-corrected chi connectivity index (χ4v) is 10.2. The Morgan fingerprint density at radius 2 is 1.80 bits per heavy atom. The second-order valence-corrected chi connectivity index (χ2v) is 16.1. The van der Waals surface area contributed by atoms with Crippen LogP contribution in [0.3, 0.4) is 0 Å². The van der Waals surface area contributed by atoms with Crippen LogP contribution in [0.2, 0.25) is 0 Å². The Morgan fingerprint density at radius 1 is 1.08 bits per heavy atom. The highest BCUT2D eigenvalue weighted by atomic mass is 16.6. The van der Waals surface area contributed by atoms with Gasteiger partial charge in [-0.15, -0.1) is 0 Å². The van der Waals surface area contributed by atoms with Crippen LogP contribution in [0.4, 0.5) is 10.5 Å². The molecule has 5 atom stereocenters. The highest BCUT2D eigenvalue weighted by molar-refractivity contribution is 5.91. The van der Waals surface area contributed by atoms with Crippen molar-refractivity contribution in [2.24, 2.45) is 5.41 Å². The van der Waals surface area contributed by atoms with Crippen molar-refractivity contribution in [3.63, 3.8) is 0 Å². The topological polar surface area (TPSA) is 83.6 Å². The maximum Gasteiger partial charge on any atom is 0.419 e. The van der Waals surface area contributed by atoms with E-state index in [1.54, 1.807) is 19.1 Å². The number of rotatable bonds is 13. The molecule has 1 amide bonds. The Kier molecular flexibility index (Phi) is 10.4. The van der Waals surface area contributed by atoms with Crippen molar-refractivity contribution >= 4 is 17.6 Å². The van der Waals surface area contributed by atoms with E-state index in [9.17, 15) is 9.59 Å². The summed E-state index contributed by atoms with van der Waals surface area (Å²) in [6, 6.07) is 4.45. The lowest BCUT2D eigenvalue weighted by Crippen LogP contribution is -2.69. The average Bonchev–Trinajstić information content (AvgIpc) is 3.46. The molecule has 2 unspecified atom stereocenters. The van der Waals surface area contributed by atoms with Gasteiger partial charge in [-0.1, -0.05) is 19.4 Å². The summed E-state index contributed by atoms with van der Waals surface area (Å²) >= 11 is 0. The quantitative estimate of drug-likeness (QED) is 0.235. The summed E-state index contributed by atoms with van der Waals surface area (Å²) in [5.74, 6) is 2.36. The number of ketones is 1. The molecule has 4 aliphatic rings. The van der Waals surface area contributed by atoms with Gasteiger partial charge in [0, 0.05) is 30.5 Å². The smallest absolute Gasteiger partial charge is 0.419 e. The molecule has 278 valence electrons. The minimum atomic E-state index is -0.442. The molecule has 0 saturated carbocycles. The van der Waals surface area contributed by atoms with Crippen LogP contribution in [-0.2, 0) is 27.8 Å². The van der Waals surface area contributed by atoms with Crippen LogP contribution < -0.4 is 19.7 Å². The number of unbranched alkanes of at least 4 members (excludes halogenated alkanes) is 1. The van der Waals surface area contributed by atoms with Crippen LogP contribution >= 0.6 is 0 Å². The Morgan fingerprint density at radius 3 is 2.49 bits per heavy atom. The van der Waals surface area contributed by atoms with Gasteiger partial charge < -0.3 is 24.4 Å². The summed E-state index contributed by atoms with van der Waals surface area (Å²) in [5, 5.41) is 3.20. The Labute approximate surface area is 305 Å². The number of methoxy groups -OCH3 is 1. The number of hydrogen-bond acceptors (Lipinski definition) is 8. The number of likely N-dealkylation sites (tertiary alicyclic amines) is 1. The number of likely N-dealkylation sites (N-methyl/N-ethyl adjacent to an activating group) is 2. The number of piperidine rings is 1. The van der Waals surface area contributed by atoms with Crippen LogP contribution in [0.25, 0.3) is 0 Å². The van der Waals surface area contributed by atoms with E-state index < -0.39 is 12.2 Å². The van der Waals surface area contributed by atoms with Crippen molar-refractivity contribution in [1.29, 1.82) is 0 Å². The molecular weight excluding hydrogens is 640 g/mol. The molecule has 0 radical (unpaired) electrons. The third kappa shape index (κ3) is 5.88. The van der Waals surface area contributed by atoms with E-state index in [1.165, 1.54) is 16.7 Å². The van der Waals surface area contributed by atoms with Gasteiger partial charge >= 0.3 is 6.09 Å². The Hall–Kier alpha value is -3.40. The summed E-state index contributed by atoms with van der Waals surface area (Å²) in [4.78, 5) is 34.3. The number of ether oxygens (including phenoxy) is 3. The zero-order chi connectivity index (χ0) is 37.0. The Bertz CT molecular complexity index is 1730. The number of carbonyl (C=O) groups is 2. The van der Waals surface area contributed by atoms with Gasteiger partial charge in [0.25, 0.3) is 0 Å². The third-order valence-corrected chi connectivity index (χ3v) is 13.5. The van der Waals surface area contributed by atoms with E-state index >= 15 is 0 Å². The first-order valence-corrected chi connectivity index (χ1v) is 18.9. The molecule has 9 heteroatoms. The van der Waals surface area contributed by atoms with Crippen LogP contribution in [0.1, 0.15) is 84.4 Å². The van der Waals surface area contributed by atoms with Crippen LogP contribution in [0, 0.1) is 33.1 Å². The minimum absolute atomic E-state index is 0.0874. The van der Waals surface area contributed by atoms with Crippen LogP contribution in [0.5, 0.6) is 11.5 Å². The lowest BCUT2D eigenvalue weighted by molar-refractivity contribution is -0.123. The number of nitrogens with one attached hydrogen (secondary N) is 1. The number of benzene rings is 2. The van der Waals surface area contributed by atoms with Gasteiger partial charge in [0.15, 0.2) is 17.6 Å². The summed E-state index contributed by atoms with van der Waals surface area (Å²) in [6.07, 6.45) is 7.76. The molecule has 1 N–H and O–H groups in total. The van der Waals surface area contributed by atoms with Gasteiger partial charge in [-0.05, 0) is 153 Å². The van der Waals surface area contributed by atoms with Gasteiger partial charge in [0.1, 0.15) is 11.5 Å². The molecule has 9 nitrogen and oxygen atoms in total. The Balaban J connectivity index is 1.29. The summed E-state index contributed by atoms with van der Waals surface area (Å²) in [5.41, 5.74) is 8.51. The molecular formula is C42H60N4O5. The SMILES string of the molecule is CNCCCCC(C(=O)CCc1c(C)c(C)c(C)c(C)c1N(C)C(=O)OC1=CC[C@@]2(C)[C@H]3Cc4ccc(OC)c5c4[C@@]2(CCN3C)C1O5)N(C)C. The number of nitrogens with zero attached hydrogens (tertiary/aromatic N) is 3. The molecule has 1 spiro atoms. The number of allylic oxidation sites excluding steroid dienone is 1. The lowest BCUT2D eigenvalue weighted by Gasteiger charge is -2.63. The zero-order valence-electron chi connectivity index (χ0n) is 32.9. The molecule has 2 bridgehead atoms. The summed E-state index contributed by atoms with van der Waals surface area (Å²) in [6.45, 7) is 12.7. The standard InChI is InChI=1S/C42H60N4O5/c1-25-26(2)28(4)37(30(27(25)3)16-17-32(47)31(44(7)8)14-12-13-22-43-6)46(10)40(48)50-34-19-20-41(5)35-24-29-15-18-33(49-11)38-36(29)42(41,39(34)51-38)21-23-45(35)9/h15,18-19,31,35,39,43H,12-14,16-17,20-24H2,1-11H3/t31?,35-,39?,41+,42+/m1/s1. The molecule has 0 aromatic heterocycles. The lowest BCUT2D eigenvalue weighted by atomic mass is 9.45. The van der Waals surface area contributed by atoms with Crippen LogP contribution in [0.15, 0.2) is 24.0 Å². The molecule has 2 aromatic carbocycles. The normalized spacial score (nSPS) is 25.2. The maximum atomic E-state index is 14.4. The molecule has 1 saturated heterocycles. The number of amides is 1. The number of carbonyl (C=O) groups excluding carboxylic acids is 2. The fourth-order valence-electron chi connectivity index (χ4n) is 10.2. The van der Waals surface area contributed by atoms with E-state index in [1.807, 2.05) is 32.1 Å². The predicted molar refractivity (Wildman–Crippen MR) is 203 cm³/mol. The van der Waals surface area contributed by atoms with Gasteiger partial charge in [0.2, 0.25) is 0 Å². The fraction of sp³-hybridized carbons (Fsp3) is 0.619. The van der Waals surface area contributed by atoms with E-state index in [0.717, 1.165) is 91.1 Å². The van der Waals surface area contributed by atoms with Gasteiger partial charge in [0.05, 0.1) is 24.3 Å². The van der Waals surface area contributed by atoms with Gasteiger partial charge in [-0.25, -0.2) is 4.79 Å². The van der Waals surface area contributed by atoms with Crippen LogP contribution in [-0.4, -0.2) is 95.3 Å². The zero-order valence-corrected chi connectivity index (χ0v) is 32.9. The predicted octanol–water partition coefficient (Wildman–Crippen LogP) is 6.58. The highest BCUT2D eigenvalue weighted by Gasteiger charge is 2.70. The minimum Gasteiger partial charge on any atom is -0.493 e. The van der Waals surface area contributed by atoms with Crippen molar-refractivity contribution < 1.29 is 23.8 Å². The first kappa shape index (κ1) is 37.4. The maximum absolute atomic E-state index is 14.4. The van der Waals surface area contributed by atoms with Crippen molar-refractivity contribution in [2.75, 3.05) is 60.3 Å². The van der Waals surface area contributed by atoms with E-state index in [0.29, 0.717) is 24.6 Å². The second kappa shape index (κ2) is 14.2. The van der Waals surface area contributed by atoms with Crippen molar-refractivity contribution in [3.8, 4) is 11.5 Å². The second-order valence-electron chi connectivity index (χ2n) is 16.1. The molecule has 6 rings (SSSR count). The molecule has 2 aromatic rings. The average molecular weight is 701 g/mol. The van der Waals surface area contributed by atoms with E-state index in [4.69, 9.17) is 14.2 Å². The highest BCUT2D eigenvalue weighted by Crippen LogP contribution is 2.68. The van der Waals surface area contributed by atoms with Gasteiger partial charge in [-0.2, -0.15) is 0 Å². The van der Waals surface area contributed by atoms with Crippen molar-refractivity contribution in [1.82, 2.24) is 15.1 Å². The molecule has 1 fully saturated rings. The van der Waals surface area contributed by atoms with E-state index in [-0.39, 0.29) is 22.7 Å². The van der Waals surface area contributed by atoms with Crippen molar-refractivity contribution in [3.05, 3.63) is 62.9 Å².